The van der Waals surface area contributed by atoms with E-state index in [9.17, 15) is 0 Å². The molecule has 2 aliphatic heterocycles. The van der Waals surface area contributed by atoms with Crippen molar-refractivity contribution in [2.24, 2.45) is 0 Å². The molecule has 0 bridgehead atoms. The summed E-state index contributed by atoms with van der Waals surface area (Å²) in [7, 11) is 0. The average molecular weight is 714 g/mol. The van der Waals surface area contributed by atoms with Crippen LogP contribution in [0.25, 0.3) is 56.1 Å². The van der Waals surface area contributed by atoms with Gasteiger partial charge in [-0.2, -0.15) is 4.58 Å². The second kappa shape index (κ2) is 13.2. The number of anilines is 3. The lowest BCUT2D eigenvalue weighted by molar-refractivity contribution is -0.448. The highest BCUT2D eigenvalue weighted by Gasteiger charge is 2.38. The average Bonchev–Trinajstić information content (AvgIpc) is 3.59. The molecule has 0 saturated heterocycles. The van der Waals surface area contributed by atoms with Gasteiger partial charge in [0.05, 0.1) is 5.56 Å². The second-order valence-corrected chi connectivity index (χ2v) is 14.7. The number of hydrogen-bond donors (Lipinski definition) is 0. The molecule has 1 unspecified atom stereocenters. The van der Waals surface area contributed by atoms with E-state index in [2.05, 4.69) is 228 Å². The lowest BCUT2D eigenvalue weighted by Gasteiger charge is -2.26. The first-order valence-electron chi connectivity index (χ1n) is 19.4. The zero-order chi connectivity index (χ0) is 37.0. The van der Waals surface area contributed by atoms with Gasteiger partial charge in [-0.25, -0.2) is 0 Å². The normalized spacial score (nSPS) is 14.1. The van der Waals surface area contributed by atoms with Crippen molar-refractivity contribution in [2.45, 2.75) is 6.04 Å². The molecule has 0 aromatic heterocycles. The lowest BCUT2D eigenvalue weighted by atomic mass is 9.97. The van der Waals surface area contributed by atoms with Crippen molar-refractivity contribution in [2.75, 3.05) is 4.90 Å². The summed E-state index contributed by atoms with van der Waals surface area (Å²) in [4.78, 5) is 2.39. The smallest absolute Gasteiger partial charge is 0.221 e. The van der Waals surface area contributed by atoms with E-state index in [0.29, 0.717) is 0 Å². The molecule has 0 N–H and O–H groups in total. The van der Waals surface area contributed by atoms with Gasteiger partial charge in [-0.05, 0) is 110 Å². The van der Waals surface area contributed by atoms with Crippen molar-refractivity contribution in [1.29, 1.82) is 0 Å². The summed E-state index contributed by atoms with van der Waals surface area (Å²) in [5.74, 6) is 0. The standard InChI is InChI=1S/C54H37N2/c1-2-14-41(15-3-1)54-52-21-9-8-20-51(52)53-35-42-28-33-46(34-43(42)36-55(53)54)56(44-29-24-39(25-30-44)49-22-10-16-37-12-4-6-18-47(37)49)45-31-26-40(27-32-45)50-23-11-17-38-13-5-7-19-48(38)50/h1-36,53H/q+1. The maximum absolute atomic E-state index is 2.47. The summed E-state index contributed by atoms with van der Waals surface area (Å²) < 4.78 is 2.47. The van der Waals surface area contributed by atoms with Crippen LogP contribution in [0, 0.1) is 0 Å². The molecule has 262 valence electrons. The Kier molecular flexibility index (Phi) is 7.60. The number of benzene rings is 9. The summed E-state index contributed by atoms with van der Waals surface area (Å²) >= 11 is 0. The van der Waals surface area contributed by atoms with Gasteiger partial charge in [0.1, 0.15) is 0 Å². The minimum atomic E-state index is 0.152. The van der Waals surface area contributed by atoms with Crippen LogP contribution in [0.15, 0.2) is 206 Å². The molecule has 2 heterocycles. The second-order valence-electron chi connectivity index (χ2n) is 14.7. The van der Waals surface area contributed by atoms with Crippen molar-refractivity contribution in [3.63, 3.8) is 0 Å². The van der Waals surface area contributed by atoms with Crippen LogP contribution in [0.4, 0.5) is 17.1 Å². The van der Waals surface area contributed by atoms with E-state index in [4.69, 9.17) is 0 Å². The number of nitrogens with zero attached hydrogens (tertiary/aromatic N) is 2. The Morgan fingerprint density at radius 1 is 0.375 bits per heavy atom. The summed E-state index contributed by atoms with van der Waals surface area (Å²) in [6.07, 6.45) is 4.79. The molecule has 56 heavy (non-hydrogen) atoms. The molecule has 0 radical (unpaired) electrons. The molecule has 0 amide bonds. The fourth-order valence-corrected chi connectivity index (χ4v) is 8.88. The van der Waals surface area contributed by atoms with Crippen molar-refractivity contribution in [3.8, 4) is 22.3 Å². The van der Waals surface area contributed by atoms with Gasteiger partial charge in [-0.3, -0.25) is 0 Å². The number of fused-ring (bicyclic) bond motifs is 6. The van der Waals surface area contributed by atoms with Gasteiger partial charge in [0.25, 0.3) is 0 Å². The SMILES string of the molecule is C1=c2ccc(N(c3ccc(-c4cccc5ccccc45)cc3)c3ccc(-c4cccc5ccccc45)cc3)cc2=C[N+]2=C(c3ccccc3)c3ccccc3C12. The molecule has 9 aromatic rings. The van der Waals surface area contributed by atoms with Crippen LogP contribution in [0.3, 0.4) is 0 Å². The third-order valence-electron chi connectivity index (χ3n) is 11.5. The number of hydrogen-bond acceptors (Lipinski definition) is 1. The Bertz CT molecular complexity index is 2990. The maximum atomic E-state index is 2.47. The first kappa shape index (κ1) is 32.2. The van der Waals surface area contributed by atoms with E-state index >= 15 is 0 Å². The predicted molar refractivity (Wildman–Crippen MR) is 234 cm³/mol. The minimum Gasteiger partial charge on any atom is -0.310 e. The summed E-state index contributed by atoms with van der Waals surface area (Å²) in [6.45, 7) is 0. The van der Waals surface area contributed by atoms with Crippen LogP contribution in [0.1, 0.15) is 22.7 Å². The molecule has 0 saturated carbocycles. The van der Waals surface area contributed by atoms with Gasteiger partial charge in [0, 0.05) is 33.4 Å². The van der Waals surface area contributed by atoms with Crippen molar-refractivity contribution in [1.82, 2.24) is 0 Å². The van der Waals surface area contributed by atoms with Gasteiger partial charge < -0.3 is 4.90 Å². The van der Waals surface area contributed by atoms with Crippen LogP contribution in [0.5, 0.6) is 0 Å². The molecule has 11 rings (SSSR count). The fraction of sp³-hybridized carbons (Fsp3) is 0.0185. The third-order valence-corrected chi connectivity index (χ3v) is 11.5. The Hall–Kier alpha value is -7.29. The monoisotopic (exact) mass is 713 g/mol. The van der Waals surface area contributed by atoms with Crippen LogP contribution in [-0.4, -0.2) is 10.3 Å². The topological polar surface area (TPSA) is 6.25 Å². The van der Waals surface area contributed by atoms with Gasteiger partial charge >= 0.3 is 0 Å². The zero-order valence-corrected chi connectivity index (χ0v) is 30.8. The molecule has 2 heteroatoms. The Morgan fingerprint density at radius 3 is 1.54 bits per heavy atom. The molecular weight excluding hydrogens is 677 g/mol. The largest absolute Gasteiger partial charge is 0.310 e. The Morgan fingerprint density at radius 2 is 0.893 bits per heavy atom. The molecule has 2 nitrogen and oxygen atoms in total. The highest BCUT2D eigenvalue weighted by molar-refractivity contribution is 6.12. The Balaban J connectivity index is 1.06. The first-order chi connectivity index (χ1) is 27.8. The molecule has 0 aliphatic carbocycles. The zero-order valence-electron chi connectivity index (χ0n) is 30.8. The molecule has 9 aromatic carbocycles. The van der Waals surface area contributed by atoms with E-state index in [0.717, 1.165) is 17.1 Å². The fourth-order valence-electron chi connectivity index (χ4n) is 8.88. The highest BCUT2D eigenvalue weighted by atomic mass is 15.1. The van der Waals surface area contributed by atoms with Crippen LogP contribution in [0.2, 0.25) is 0 Å². The van der Waals surface area contributed by atoms with Gasteiger partial charge in [0.2, 0.25) is 11.8 Å². The molecular formula is C54H37N2+. The van der Waals surface area contributed by atoms with E-state index in [1.165, 1.54) is 76.6 Å². The van der Waals surface area contributed by atoms with Crippen LogP contribution >= 0.6 is 0 Å². The van der Waals surface area contributed by atoms with Gasteiger partial charge in [-0.15, -0.1) is 0 Å². The molecule has 2 aliphatic rings. The van der Waals surface area contributed by atoms with Crippen molar-refractivity contribution in [3.05, 3.63) is 233 Å². The minimum absolute atomic E-state index is 0.152. The molecule has 0 fully saturated rings. The Labute approximate surface area is 326 Å². The molecule has 1 atom stereocenters. The van der Waals surface area contributed by atoms with Crippen LogP contribution < -0.4 is 15.3 Å². The summed E-state index contributed by atoms with van der Waals surface area (Å²) in [6, 6.07) is 75.2. The summed E-state index contributed by atoms with van der Waals surface area (Å²) in [5.41, 5.74) is 13.3. The van der Waals surface area contributed by atoms with E-state index in [-0.39, 0.29) is 6.04 Å². The highest BCUT2D eigenvalue weighted by Crippen LogP contribution is 2.39. The third kappa shape index (κ3) is 5.38. The van der Waals surface area contributed by atoms with Gasteiger partial charge in [0.15, 0.2) is 6.20 Å². The molecule has 0 spiro atoms. The van der Waals surface area contributed by atoms with Gasteiger partial charge in [-0.1, -0.05) is 152 Å². The lowest BCUT2D eigenvalue weighted by Crippen LogP contribution is -2.34. The number of rotatable bonds is 6. The van der Waals surface area contributed by atoms with Crippen molar-refractivity contribution < 1.29 is 4.58 Å². The van der Waals surface area contributed by atoms with E-state index in [1.54, 1.807) is 0 Å². The van der Waals surface area contributed by atoms with Crippen molar-refractivity contribution >= 4 is 56.6 Å². The first-order valence-corrected chi connectivity index (χ1v) is 19.4. The quantitative estimate of drug-likeness (QED) is 0.156. The predicted octanol–water partition coefficient (Wildman–Crippen LogP) is 11.9. The summed E-state index contributed by atoms with van der Waals surface area (Å²) in [5, 5.41) is 7.47. The van der Waals surface area contributed by atoms with E-state index < -0.39 is 0 Å². The maximum Gasteiger partial charge on any atom is 0.221 e. The van der Waals surface area contributed by atoms with Crippen LogP contribution in [-0.2, 0) is 0 Å². The van der Waals surface area contributed by atoms with E-state index in [1.807, 2.05) is 0 Å².